The molecule has 54 heavy (non-hydrogen) atoms. The Morgan fingerprint density at radius 2 is 1.37 bits per heavy atom. The maximum absolute atomic E-state index is 14.0. The predicted molar refractivity (Wildman–Crippen MR) is 171 cm³/mol. The number of carbonyl (C=O) groups excluding carboxylic acids is 6. The van der Waals surface area contributed by atoms with Crippen LogP contribution in [0.1, 0.15) is 44.6 Å². The quantitative estimate of drug-likeness (QED) is 0.212. The van der Waals surface area contributed by atoms with Crippen LogP contribution in [0.25, 0.3) is 0 Å². The maximum atomic E-state index is 14.0. The number of amides is 2. The fraction of sp³-hybridized carbons (Fsp3) is 0.647. The largest absolute Gasteiger partial charge is 0.542 e. The van der Waals surface area contributed by atoms with Crippen LogP contribution in [-0.4, -0.2) is 147 Å². The van der Waals surface area contributed by atoms with Gasteiger partial charge in [0.2, 0.25) is 5.91 Å². The average Bonchev–Trinajstić information content (AvgIpc) is 3.65. The summed E-state index contributed by atoms with van der Waals surface area (Å²) in [7, 11) is 8.22. The van der Waals surface area contributed by atoms with Crippen molar-refractivity contribution in [2.24, 2.45) is 0 Å². The number of nitrogens with zero attached hydrogens (tertiary/aromatic N) is 3. The third-order valence-corrected chi connectivity index (χ3v) is 9.20. The van der Waals surface area contributed by atoms with E-state index in [1.165, 1.54) is 6.92 Å². The van der Waals surface area contributed by atoms with E-state index < -0.39 is 42.4 Å². The zero-order valence-corrected chi connectivity index (χ0v) is 30.5. The first-order chi connectivity index (χ1) is 24.7. The average molecular weight is 785 g/mol. The van der Waals surface area contributed by atoms with Gasteiger partial charge in [-0.15, -0.1) is 0 Å². The number of likely N-dealkylation sites (tertiary alicyclic amines) is 3. The number of hydrogen-bond acceptors (Lipinski definition) is 10. The Bertz CT molecular complexity index is 1460. The minimum absolute atomic E-state index is 0.122. The van der Waals surface area contributed by atoms with E-state index in [0.29, 0.717) is 43.3 Å². The summed E-state index contributed by atoms with van der Waals surface area (Å²) in [5.41, 5.74) is 0.917. The molecule has 4 rings (SSSR count). The number of carboxylic acid groups (broad SMARTS) is 2. The lowest BCUT2D eigenvalue weighted by Crippen LogP contribution is -2.58. The van der Waals surface area contributed by atoms with Crippen LogP contribution in [-0.2, 0) is 44.7 Å². The van der Waals surface area contributed by atoms with Crippen LogP contribution in [0.3, 0.4) is 0 Å². The molecule has 4 atom stereocenters. The molecule has 3 saturated heterocycles. The Balaban J connectivity index is 0.000000610. The lowest BCUT2D eigenvalue weighted by atomic mass is 10.0. The van der Waals surface area contributed by atoms with E-state index in [1.54, 1.807) is 4.90 Å². The normalized spacial score (nSPS) is 22.6. The molecule has 1 aromatic carbocycles. The van der Waals surface area contributed by atoms with Crippen molar-refractivity contribution in [3.8, 4) is 0 Å². The van der Waals surface area contributed by atoms with Gasteiger partial charge in [0.05, 0.1) is 47.7 Å². The highest BCUT2D eigenvalue weighted by Crippen LogP contribution is 2.27. The van der Waals surface area contributed by atoms with Gasteiger partial charge < -0.3 is 48.5 Å². The monoisotopic (exact) mass is 784 g/mol. The van der Waals surface area contributed by atoms with Crippen molar-refractivity contribution in [3.05, 3.63) is 35.9 Å². The molecule has 1 N–H and O–H groups in total. The zero-order chi connectivity index (χ0) is 41.2. The number of benzene rings is 1. The van der Waals surface area contributed by atoms with Crippen LogP contribution in [0, 0.1) is 0 Å². The van der Waals surface area contributed by atoms with Crippen molar-refractivity contribution in [1.29, 1.82) is 0 Å². The molecule has 0 aromatic heterocycles. The zero-order valence-electron chi connectivity index (χ0n) is 30.5. The van der Waals surface area contributed by atoms with E-state index in [9.17, 15) is 45.5 Å². The van der Waals surface area contributed by atoms with Gasteiger partial charge in [-0.3, -0.25) is 14.4 Å². The number of carboxylic acids is 2. The summed E-state index contributed by atoms with van der Waals surface area (Å²) >= 11 is 0. The fourth-order valence-electron chi connectivity index (χ4n) is 6.40. The molecule has 0 spiro atoms. The molecule has 3 aliphatic heterocycles. The summed E-state index contributed by atoms with van der Waals surface area (Å²) in [5, 5.41) is 20.6. The molecule has 0 radical (unpaired) electrons. The predicted octanol–water partition coefficient (Wildman–Crippen LogP) is -0.135. The standard InChI is InChI=1S/C30H45N4O6.2C2HF3O2/c1-21(35)39-24-19-27(34(4,5)20-24)28(36)31-25(18-22-10-7-6-8-11-22)29(37)32-15-9-12-26(32)30(38)40-23-13-16-33(2,3)17-14-23;2*3-2(4,5)1(6)7/h6-8,10-11,23-27H,9,12-20H2,1-5H3;2*(H,6,7)/q+1;;/p-1/t24?,25-,26-,27-;;/m0../s1. The molecular formula is C34H46F6N4O10. The number of rotatable bonds is 8. The van der Waals surface area contributed by atoms with Gasteiger partial charge in [0.25, 0.3) is 5.91 Å². The number of esters is 2. The molecule has 0 saturated carbocycles. The van der Waals surface area contributed by atoms with Crippen molar-refractivity contribution in [2.45, 2.75) is 88.1 Å². The van der Waals surface area contributed by atoms with Gasteiger partial charge in [0.15, 0.2) is 12.1 Å². The highest BCUT2D eigenvalue weighted by molar-refractivity contribution is 5.92. The smallest absolute Gasteiger partial charge is 0.430 e. The minimum atomic E-state index is -5.19. The number of likely N-dealkylation sites (N-methyl/N-ethyl adjacent to an activating group) is 1. The van der Waals surface area contributed by atoms with Crippen LogP contribution in [0.5, 0.6) is 0 Å². The van der Waals surface area contributed by atoms with Crippen molar-refractivity contribution >= 4 is 35.7 Å². The van der Waals surface area contributed by atoms with Crippen LogP contribution >= 0.6 is 0 Å². The van der Waals surface area contributed by atoms with E-state index in [0.717, 1.165) is 36.0 Å². The molecule has 3 heterocycles. The van der Waals surface area contributed by atoms with Gasteiger partial charge >= 0.3 is 24.3 Å². The Morgan fingerprint density at radius 3 is 1.85 bits per heavy atom. The second kappa shape index (κ2) is 18.7. The summed E-state index contributed by atoms with van der Waals surface area (Å²) in [5.74, 6) is -7.25. The molecule has 3 aliphatic rings. The van der Waals surface area contributed by atoms with Crippen LogP contribution < -0.4 is 15.5 Å². The third-order valence-electron chi connectivity index (χ3n) is 9.20. The van der Waals surface area contributed by atoms with Gasteiger partial charge in [-0.2, -0.15) is 26.3 Å². The number of halogens is 6. The summed E-state index contributed by atoms with van der Waals surface area (Å²) < 4.78 is 75.7. The molecule has 3 fully saturated rings. The summed E-state index contributed by atoms with van der Waals surface area (Å²) in [6.45, 7) is 4.24. The lowest BCUT2D eigenvalue weighted by molar-refractivity contribution is -0.896. The van der Waals surface area contributed by atoms with Crippen LogP contribution in [0.2, 0.25) is 0 Å². The number of aliphatic carboxylic acids is 2. The first-order valence-electron chi connectivity index (χ1n) is 17.0. The number of quaternary nitrogens is 2. The summed E-state index contributed by atoms with van der Waals surface area (Å²) in [4.78, 5) is 71.6. The highest BCUT2D eigenvalue weighted by atomic mass is 19.4. The molecule has 304 valence electrons. The van der Waals surface area contributed by atoms with Gasteiger partial charge in [0.1, 0.15) is 36.7 Å². The summed E-state index contributed by atoms with van der Waals surface area (Å²) in [6, 6.07) is 7.63. The molecule has 1 aromatic rings. The van der Waals surface area contributed by atoms with Crippen LogP contribution in [0.4, 0.5) is 26.3 Å². The first kappa shape index (κ1) is 45.7. The van der Waals surface area contributed by atoms with Crippen molar-refractivity contribution in [2.75, 3.05) is 54.4 Å². The Morgan fingerprint density at radius 1 is 0.852 bits per heavy atom. The van der Waals surface area contributed by atoms with Gasteiger partial charge in [-0.05, 0) is 18.4 Å². The molecule has 0 bridgehead atoms. The van der Waals surface area contributed by atoms with Gasteiger partial charge in [0, 0.05) is 32.7 Å². The number of hydrogen-bond donors (Lipinski definition) is 1. The lowest BCUT2D eigenvalue weighted by Gasteiger charge is -2.37. The van der Waals surface area contributed by atoms with Crippen molar-refractivity contribution in [3.63, 3.8) is 0 Å². The van der Waals surface area contributed by atoms with E-state index in [2.05, 4.69) is 19.4 Å². The minimum Gasteiger partial charge on any atom is -0.542 e. The molecule has 14 nitrogen and oxygen atoms in total. The topological polar surface area (TPSA) is 182 Å². The number of nitrogens with one attached hydrogen (secondary N) is 1. The van der Waals surface area contributed by atoms with E-state index in [4.69, 9.17) is 29.3 Å². The second-order valence-corrected chi connectivity index (χ2v) is 14.5. The number of carbonyl (C=O) groups is 6. The summed E-state index contributed by atoms with van der Waals surface area (Å²) in [6.07, 6.45) is -7.26. The molecule has 0 aliphatic carbocycles. The van der Waals surface area contributed by atoms with Gasteiger partial charge in [-0.1, -0.05) is 30.3 Å². The highest BCUT2D eigenvalue weighted by Gasteiger charge is 2.48. The SMILES string of the molecule is CC(=O)OC1C[C@@H](C(=O)N[C@@H](Cc2ccccc2)C(=O)N2CCC[C@H]2C(=O)OC2CC[N+](C)(C)CC2)[N+](C)(C)C1.O=C([O-])C(F)(F)F.O=C([O-])C(F)(F)F. The Kier molecular flexibility index (Phi) is 15.8. The van der Waals surface area contributed by atoms with E-state index in [1.807, 2.05) is 44.4 Å². The molecule has 1 unspecified atom stereocenters. The second-order valence-electron chi connectivity index (χ2n) is 14.5. The van der Waals surface area contributed by atoms with E-state index >= 15 is 0 Å². The van der Waals surface area contributed by atoms with Gasteiger partial charge in [-0.25, -0.2) is 4.79 Å². The number of piperidine rings is 1. The Hall–Kier alpha value is -4.46. The first-order valence-corrected chi connectivity index (χ1v) is 17.0. The van der Waals surface area contributed by atoms with E-state index in [-0.39, 0.29) is 36.0 Å². The molecule has 20 heteroatoms. The number of ether oxygens (including phenoxy) is 2. The fourth-order valence-corrected chi connectivity index (χ4v) is 6.40. The van der Waals surface area contributed by atoms with Crippen molar-refractivity contribution < 1.29 is 83.8 Å². The Labute approximate surface area is 308 Å². The number of alkyl halides is 6. The molecule has 2 amide bonds. The van der Waals surface area contributed by atoms with Crippen molar-refractivity contribution in [1.82, 2.24) is 10.2 Å². The van der Waals surface area contributed by atoms with Crippen LogP contribution in [0.15, 0.2) is 30.3 Å². The maximum Gasteiger partial charge on any atom is 0.430 e. The molecular weight excluding hydrogens is 738 g/mol. The third kappa shape index (κ3) is 14.4.